The van der Waals surface area contributed by atoms with E-state index in [1.807, 2.05) is 25.1 Å². The number of amides is 1. The number of fused-ring (bicyclic) bond motifs is 1. The maximum atomic E-state index is 12.3. The molecule has 0 spiro atoms. The third kappa shape index (κ3) is 2.94. The van der Waals surface area contributed by atoms with Crippen molar-refractivity contribution in [2.75, 3.05) is 5.32 Å². The molecule has 0 unspecified atom stereocenters. The van der Waals surface area contributed by atoms with Crippen LogP contribution in [0.1, 0.15) is 15.9 Å². The summed E-state index contributed by atoms with van der Waals surface area (Å²) in [7, 11) is 0. The number of nitrogens with one attached hydrogen (secondary N) is 1. The van der Waals surface area contributed by atoms with Gasteiger partial charge in [-0.25, -0.2) is 4.79 Å². The van der Waals surface area contributed by atoms with E-state index in [1.165, 1.54) is 6.07 Å². The third-order valence-corrected chi connectivity index (χ3v) is 3.71. The zero-order chi connectivity index (χ0) is 15.7. The Morgan fingerprint density at radius 3 is 2.73 bits per heavy atom. The number of rotatable bonds is 2. The molecule has 0 saturated heterocycles. The standard InChI is InChI=1S/C17H12BrNO3/c1-10-3-2-4-13(7-10)19-16(20)14-9-11-8-12(18)5-6-15(11)22-17(14)21/h2-9H,1H3,(H,19,20). The summed E-state index contributed by atoms with van der Waals surface area (Å²) in [6.07, 6.45) is 0. The average molecular weight is 358 g/mol. The molecule has 4 nitrogen and oxygen atoms in total. The van der Waals surface area contributed by atoms with Crippen molar-refractivity contribution in [1.82, 2.24) is 0 Å². The summed E-state index contributed by atoms with van der Waals surface area (Å²) >= 11 is 3.35. The second-order valence-corrected chi connectivity index (χ2v) is 5.87. The number of hydrogen-bond acceptors (Lipinski definition) is 3. The number of benzene rings is 2. The Labute approximate surface area is 134 Å². The van der Waals surface area contributed by atoms with Crippen LogP contribution in [0.5, 0.6) is 0 Å². The van der Waals surface area contributed by atoms with Gasteiger partial charge < -0.3 is 9.73 Å². The van der Waals surface area contributed by atoms with Gasteiger partial charge in [0.2, 0.25) is 0 Å². The predicted molar refractivity (Wildman–Crippen MR) is 89.3 cm³/mol. The second-order valence-electron chi connectivity index (χ2n) is 4.95. The van der Waals surface area contributed by atoms with Crippen molar-refractivity contribution in [1.29, 1.82) is 0 Å². The lowest BCUT2D eigenvalue weighted by Gasteiger charge is -2.06. The highest BCUT2D eigenvalue weighted by Gasteiger charge is 2.14. The minimum atomic E-state index is -0.653. The van der Waals surface area contributed by atoms with Crippen molar-refractivity contribution >= 4 is 38.5 Å². The molecule has 0 aliphatic heterocycles. The van der Waals surface area contributed by atoms with E-state index >= 15 is 0 Å². The van der Waals surface area contributed by atoms with Crippen LogP contribution in [0.25, 0.3) is 11.0 Å². The molecule has 0 bridgehead atoms. The van der Waals surface area contributed by atoms with Crippen LogP contribution in [0.3, 0.4) is 0 Å². The fraction of sp³-hybridized carbons (Fsp3) is 0.0588. The fourth-order valence-electron chi connectivity index (χ4n) is 2.17. The topological polar surface area (TPSA) is 59.3 Å². The quantitative estimate of drug-likeness (QED) is 0.701. The lowest BCUT2D eigenvalue weighted by atomic mass is 10.1. The first-order chi connectivity index (χ1) is 10.5. The van der Waals surface area contributed by atoms with Gasteiger partial charge in [-0.15, -0.1) is 0 Å². The molecule has 0 aliphatic carbocycles. The number of aryl methyl sites for hydroxylation is 1. The van der Waals surface area contributed by atoms with Crippen molar-refractivity contribution < 1.29 is 9.21 Å². The number of carbonyl (C=O) groups excluding carboxylic acids is 1. The zero-order valence-electron chi connectivity index (χ0n) is 11.7. The molecule has 5 heteroatoms. The Bertz CT molecular complexity index is 931. The minimum Gasteiger partial charge on any atom is -0.422 e. The third-order valence-electron chi connectivity index (χ3n) is 3.21. The summed E-state index contributed by atoms with van der Waals surface area (Å²) in [5.41, 5.74) is 1.43. The highest BCUT2D eigenvalue weighted by molar-refractivity contribution is 9.10. The molecule has 3 aromatic rings. The maximum Gasteiger partial charge on any atom is 0.349 e. The molecule has 1 amide bonds. The van der Waals surface area contributed by atoms with E-state index in [0.29, 0.717) is 16.7 Å². The summed E-state index contributed by atoms with van der Waals surface area (Å²) in [6, 6.07) is 14.2. The van der Waals surface area contributed by atoms with Gasteiger partial charge in [-0.2, -0.15) is 0 Å². The predicted octanol–water partition coefficient (Wildman–Crippen LogP) is 4.12. The second kappa shape index (κ2) is 5.77. The molecule has 0 aliphatic rings. The molecule has 0 radical (unpaired) electrons. The molecule has 1 aromatic heterocycles. The molecule has 0 atom stereocenters. The van der Waals surface area contributed by atoms with Crippen LogP contribution >= 0.6 is 15.9 Å². The largest absolute Gasteiger partial charge is 0.422 e. The van der Waals surface area contributed by atoms with Crippen LogP contribution in [0.2, 0.25) is 0 Å². The highest BCUT2D eigenvalue weighted by Crippen LogP contribution is 2.20. The lowest BCUT2D eigenvalue weighted by molar-refractivity contribution is 0.102. The van der Waals surface area contributed by atoms with Gasteiger partial charge in [0, 0.05) is 15.5 Å². The Balaban J connectivity index is 2.00. The molecular formula is C17H12BrNO3. The summed E-state index contributed by atoms with van der Waals surface area (Å²) in [6.45, 7) is 1.93. The normalized spacial score (nSPS) is 10.6. The summed E-state index contributed by atoms with van der Waals surface area (Å²) in [5.74, 6) is -0.485. The molecule has 0 fully saturated rings. The van der Waals surface area contributed by atoms with Gasteiger partial charge in [-0.05, 0) is 48.9 Å². The molecule has 1 N–H and O–H groups in total. The van der Waals surface area contributed by atoms with E-state index in [-0.39, 0.29) is 5.56 Å². The molecule has 22 heavy (non-hydrogen) atoms. The van der Waals surface area contributed by atoms with Crippen molar-refractivity contribution in [3.63, 3.8) is 0 Å². The van der Waals surface area contributed by atoms with Crippen LogP contribution in [0, 0.1) is 6.92 Å². The molecule has 110 valence electrons. The van der Waals surface area contributed by atoms with Gasteiger partial charge in [0.1, 0.15) is 11.1 Å². The number of carbonyl (C=O) groups is 1. The fourth-order valence-corrected chi connectivity index (χ4v) is 2.55. The summed E-state index contributed by atoms with van der Waals surface area (Å²) in [5, 5.41) is 3.39. The van der Waals surface area contributed by atoms with Gasteiger partial charge in [0.05, 0.1) is 0 Å². The van der Waals surface area contributed by atoms with Crippen LogP contribution in [0.15, 0.2) is 62.2 Å². The average Bonchev–Trinajstić information content (AvgIpc) is 2.47. The van der Waals surface area contributed by atoms with Gasteiger partial charge in [0.15, 0.2) is 0 Å². The first-order valence-electron chi connectivity index (χ1n) is 6.64. The first kappa shape index (κ1) is 14.5. The van der Waals surface area contributed by atoms with Crippen LogP contribution in [0.4, 0.5) is 5.69 Å². The van der Waals surface area contributed by atoms with E-state index < -0.39 is 11.5 Å². The van der Waals surface area contributed by atoms with Crippen LogP contribution in [-0.4, -0.2) is 5.91 Å². The van der Waals surface area contributed by atoms with Gasteiger partial charge in [0.25, 0.3) is 5.91 Å². The van der Waals surface area contributed by atoms with Crippen molar-refractivity contribution in [2.45, 2.75) is 6.92 Å². The van der Waals surface area contributed by atoms with Gasteiger partial charge in [-0.3, -0.25) is 4.79 Å². The van der Waals surface area contributed by atoms with Crippen molar-refractivity contribution in [2.24, 2.45) is 0 Å². The zero-order valence-corrected chi connectivity index (χ0v) is 13.3. The van der Waals surface area contributed by atoms with Crippen molar-refractivity contribution in [3.05, 3.63) is 74.6 Å². The Morgan fingerprint density at radius 1 is 1.14 bits per heavy atom. The Hall–Kier alpha value is -2.40. The smallest absolute Gasteiger partial charge is 0.349 e. The van der Waals surface area contributed by atoms with Crippen LogP contribution in [-0.2, 0) is 0 Å². The van der Waals surface area contributed by atoms with E-state index in [1.54, 1.807) is 24.3 Å². The molecule has 3 rings (SSSR count). The van der Waals surface area contributed by atoms with Gasteiger partial charge >= 0.3 is 5.63 Å². The number of anilines is 1. The van der Waals surface area contributed by atoms with E-state index in [9.17, 15) is 9.59 Å². The van der Waals surface area contributed by atoms with Crippen molar-refractivity contribution in [3.8, 4) is 0 Å². The SMILES string of the molecule is Cc1cccc(NC(=O)c2cc3cc(Br)ccc3oc2=O)c1. The maximum absolute atomic E-state index is 12.3. The van der Waals surface area contributed by atoms with E-state index in [0.717, 1.165) is 10.0 Å². The number of hydrogen-bond donors (Lipinski definition) is 1. The molecule has 0 saturated carbocycles. The van der Waals surface area contributed by atoms with E-state index in [4.69, 9.17) is 4.42 Å². The number of halogens is 1. The Kier molecular flexibility index (Phi) is 3.81. The summed E-state index contributed by atoms with van der Waals surface area (Å²) < 4.78 is 6.04. The molecule has 2 aromatic carbocycles. The van der Waals surface area contributed by atoms with Crippen LogP contribution < -0.4 is 10.9 Å². The molecule has 1 heterocycles. The first-order valence-corrected chi connectivity index (χ1v) is 7.44. The lowest BCUT2D eigenvalue weighted by Crippen LogP contribution is -2.20. The minimum absolute atomic E-state index is 0.0212. The summed E-state index contributed by atoms with van der Waals surface area (Å²) in [4.78, 5) is 24.3. The van der Waals surface area contributed by atoms with Gasteiger partial charge in [-0.1, -0.05) is 28.1 Å². The Morgan fingerprint density at radius 2 is 1.95 bits per heavy atom. The van der Waals surface area contributed by atoms with E-state index in [2.05, 4.69) is 21.2 Å². The highest BCUT2D eigenvalue weighted by atomic mass is 79.9. The monoisotopic (exact) mass is 357 g/mol. The molecular weight excluding hydrogens is 346 g/mol.